The van der Waals surface area contributed by atoms with Crippen LogP contribution < -0.4 is 10.0 Å². The molecule has 2 aromatic carbocycles. The molecule has 1 atom stereocenters. The molecule has 1 fully saturated rings. The zero-order chi connectivity index (χ0) is 16.2. The van der Waals surface area contributed by atoms with Gasteiger partial charge in [-0.15, -0.1) is 0 Å². The fourth-order valence-corrected chi connectivity index (χ4v) is 5.03. The van der Waals surface area contributed by atoms with Gasteiger partial charge in [0.05, 0.1) is 10.6 Å². The fourth-order valence-electron chi connectivity index (χ4n) is 3.37. The number of nitrogens with two attached hydrogens (primary N) is 1. The maximum atomic E-state index is 12.8. The monoisotopic (exact) mass is 331 g/mol. The summed E-state index contributed by atoms with van der Waals surface area (Å²) < 4.78 is 26.8. The standard InChI is InChI=1S/C16H17N3O3S/c17-12-7-8-18(9-12)15(20)10-19-13-5-1-3-11-4-2-6-14(16(11)13)23(19,21)22/h1-6,12H,7-10,17H2/t12-/m1/s1. The summed E-state index contributed by atoms with van der Waals surface area (Å²) >= 11 is 0. The largest absolute Gasteiger partial charge is 0.340 e. The Hall–Kier alpha value is -2.12. The first-order valence-electron chi connectivity index (χ1n) is 7.56. The summed E-state index contributed by atoms with van der Waals surface area (Å²) in [7, 11) is -3.68. The quantitative estimate of drug-likeness (QED) is 0.886. The molecule has 120 valence electrons. The Bertz CT molecular complexity index is 905. The first kappa shape index (κ1) is 14.5. The van der Waals surface area contributed by atoms with Crippen LogP contribution in [0.2, 0.25) is 0 Å². The van der Waals surface area contributed by atoms with Gasteiger partial charge in [-0.1, -0.05) is 24.3 Å². The van der Waals surface area contributed by atoms with Gasteiger partial charge in [0.2, 0.25) is 5.91 Å². The minimum Gasteiger partial charge on any atom is -0.340 e. The summed E-state index contributed by atoms with van der Waals surface area (Å²) in [4.78, 5) is 14.4. The molecular weight excluding hydrogens is 314 g/mol. The maximum Gasteiger partial charge on any atom is 0.265 e. The Balaban J connectivity index is 1.73. The number of hydrogen-bond donors (Lipinski definition) is 1. The van der Waals surface area contributed by atoms with Crippen LogP contribution in [0.5, 0.6) is 0 Å². The van der Waals surface area contributed by atoms with E-state index in [1.165, 1.54) is 4.31 Å². The molecule has 2 aliphatic rings. The van der Waals surface area contributed by atoms with Crippen LogP contribution in [-0.2, 0) is 14.8 Å². The smallest absolute Gasteiger partial charge is 0.265 e. The molecule has 1 amide bonds. The van der Waals surface area contributed by atoms with E-state index >= 15 is 0 Å². The average molecular weight is 331 g/mol. The maximum absolute atomic E-state index is 12.8. The molecule has 0 saturated carbocycles. The lowest BCUT2D eigenvalue weighted by Crippen LogP contribution is -2.41. The third-order valence-electron chi connectivity index (χ3n) is 4.54. The predicted molar refractivity (Wildman–Crippen MR) is 87.7 cm³/mol. The number of benzene rings is 2. The van der Waals surface area contributed by atoms with Crippen LogP contribution in [0.15, 0.2) is 41.3 Å². The molecule has 0 aromatic heterocycles. The van der Waals surface area contributed by atoms with E-state index in [9.17, 15) is 13.2 Å². The SMILES string of the molecule is N[C@@H]1CCN(C(=O)CN2c3cccc4cccc(c34)S2(=O)=O)C1. The van der Waals surface area contributed by atoms with Crippen LogP contribution in [0.4, 0.5) is 5.69 Å². The molecule has 2 N–H and O–H groups in total. The average Bonchev–Trinajstić information content (AvgIpc) is 3.05. The van der Waals surface area contributed by atoms with E-state index in [-0.39, 0.29) is 23.4 Å². The summed E-state index contributed by atoms with van der Waals surface area (Å²) in [5.41, 5.74) is 6.41. The molecule has 2 aromatic rings. The number of rotatable bonds is 2. The summed E-state index contributed by atoms with van der Waals surface area (Å²) in [5.74, 6) is -0.202. The van der Waals surface area contributed by atoms with Crippen molar-refractivity contribution in [3.8, 4) is 0 Å². The van der Waals surface area contributed by atoms with Crippen LogP contribution in [0, 0.1) is 0 Å². The molecule has 2 aliphatic heterocycles. The molecule has 2 heterocycles. The predicted octanol–water partition coefficient (Wildman–Crippen LogP) is 0.908. The van der Waals surface area contributed by atoms with Crippen molar-refractivity contribution >= 4 is 32.4 Å². The molecule has 6 nitrogen and oxygen atoms in total. The molecule has 0 unspecified atom stereocenters. The molecule has 1 saturated heterocycles. The number of likely N-dealkylation sites (tertiary alicyclic amines) is 1. The van der Waals surface area contributed by atoms with Gasteiger partial charge in [0, 0.05) is 24.5 Å². The third kappa shape index (κ3) is 2.11. The van der Waals surface area contributed by atoms with Gasteiger partial charge in [-0.25, -0.2) is 8.42 Å². The van der Waals surface area contributed by atoms with E-state index in [4.69, 9.17) is 5.73 Å². The molecule has 0 aliphatic carbocycles. The highest BCUT2D eigenvalue weighted by Crippen LogP contribution is 2.41. The second-order valence-electron chi connectivity index (χ2n) is 6.03. The van der Waals surface area contributed by atoms with Crippen molar-refractivity contribution in [1.82, 2.24) is 4.90 Å². The minimum atomic E-state index is -3.68. The number of anilines is 1. The van der Waals surface area contributed by atoms with Crippen LogP contribution in [0.3, 0.4) is 0 Å². The molecule has 23 heavy (non-hydrogen) atoms. The van der Waals surface area contributed by atoms with Crippen molar-refractivity contribution in [3.05, 3.63) is 36.4 Å². The van der Waals surface area contributed by atoms with Crippen molar-refractivity contribution in [2.75, 3.05) is 23.9 Å². The van der Waals surface area contributed by atoms with E-state index in [0.29, 0.717) is 24.2 Å². The normalized spacial score (nSPS) is 22.0. The van der Waals surface area contributed by atoms with E-state index in [1.54, 1.807) is 23.1 Å². The van der Waals surface area contributed by atoms with Gasteiger partial charge in [0.15, 0.2) is 0 Å². The first-order chi connectivity index (χ1) is 11.0. The van der Waals surface area contributed by atoms with E-state index in [1.807, 2.05) is 18.2 Å². The van der Waals surface area contributed by atoms with E-state index < -0.39 is 10.0 Å². The molecule has 4 rings (SSSR count). The highest BCUT2D eigenvalue weighted by Gasteiger charge is 2.38. The molecular formula is C16H17N3O3S. The van der Waals surface area contributed by atoms with Crippen molar-refractivity contribution in [1.29, 1.82) is 0 Å². The number of hydrogen-bond acceptors (Lipinski definition) is 4. The van der Waals surface area contributed by atoms with Crippen molar-refractivity contribution in [2.24, 2.45) is 5.73 Å². The number of nitrogens with zero attached hydrogens (tertiary/aromatic N) is 2. The van der Waals surface area contributed by atoms with Crippen LogP contribution in [-0.4, -0.2) is 44.9 Å². The lowest BCUT2D eigenvalue weighted by atomic mass is 10.1. The van der Waals surface area contributed by atoms with Gasteiger partial charge in [0.1, 0.15) is 6.54 Å². The van der Waals surface area contributed by atoms with Crippen molar-refractivity contribution in [2.45, 2.75) is 17.4 Å². The summed E-state index contributed by atoms with van der Waals surface area (Å²) in [6.45, 7) is 0.901. The topological polar surface area (TPSA) is 83.7 Å². The summed E-state index contributed by atoms with van der Waals surface area (Å²) in [5, 5.41) is 1.56. The van der Waals surface area contributed by atoms with Crippen LogP contribution >= 0.6 is 0 Å². The van der Waals surface area contributed by atoms with Crippen molar-refractivity contribution < 1.29 is 13.2 Å². The summed E-state index contributed by atoms with van der Waals surface area (Å²) in [6, 6.07) is 10.6. The number of sulfonamides is 1. The van der Waals surface area contributed by atoms with E-state index in [0.717, 1.165) is 11.8 Å². The fraction of sp³-hybridized carbons (Fsp3) is 0.312. The van der Waals surface area contributed by atoms with Gasteiger partial charge in [-0.05, 0) is 23.9 Å². The lowest BCUT2D eigenvalue weighted by molar-refractivity contribution is -0.128. The van der Waals surface area contributed by atoms with Gasteiger partial charge < -0.3 is 10.6 Å². The van der Waals surface area contributed by atoms with Gasteiger partial charge >= 0.3 is 0 Å². The Labute approximate surface area is 134 Å². The Kier molecular flexibility index (Phi) is 3.11. The second-order valence-corrected chi connectivity index (χ2v) is 7.86. The third-order valence-corrected chi connectivity index (χ3v) is 6.34. The van der Waals surface area contributed by atoms with Gasteiger partial charge in [0.25, 0.3) is 10.0 Å². The minimum absolute atomic E-state index is 0.0187. The second kappa shape index (κ2) is 4.94. The van der Waals surface area contributed by atoms with E-state index in [2.05, 4.69) is 0 Å². The van der Waals surface area contributed by atoms with Gasteiger partial charge in [-0.2, -0.15) is 0 Å². The molecule has 0 spiro atoms. The Morgan fingerprint density at radius 2 is 1.96 bits per heavy atom. The number of amides is 1. The zero-order valence-electron chi connectivity index (χ0n) is 12.5. The molecule has 7 heteroatoms. The zero-order valence-corrected chi connectivity index (χ0v) is 13.3. The highest BCUT2D eigenvalue weighted by molar-refractivity contribution is 7.93. The Morgan fingerprint density at radius 3 is 2.65 bits per heavy atom. The van der Waals surface area contributed by atoms with Crippen LogP contribution in [0.1, 0.15) is 6.42 Å². The Morgan fingerprint density at radius 1 is 1.22 bits per heavy atom. The van der Waals surface area contributed by atoms with Crippen molar-refractivity contribution in [3.63, 3.8) is 0 Å². The summed E-state index contributed by atoms with van der Waals surface area (Å²) in [6.07, 6.45) is 0.758. The number of carbonyl (C=O) groups excluding carboxylic acids is 1. The van der Waals surface area contributed by atoms with Gasteiger partial charge in [-0.3, -0.25) is 9.10 Å². The first-order valence-corrected chi connectivity index (χ1v) is 9.00. The molecule has 0 bridgehead atoms. The van der Waals surface area contributed by atoms with Crippen LogP contribution in [0.25, 0.3) is 10.8 Å². The lowest BCUT2D eigenvalue weighted by Gasteiger charge is -2.22. The highest BCUT2D eigenvalue weighted by atomic mass is 32.2. The molecule has 0 radical (unpaired) electrons. The number of carbonyl (C=O) groups is 1.